The lowest BCUT2D eigenvalue weighted by atomic mass is 9.81. The van der Waals surface area contributed by atoms with Crippen LogP contribution in [0.5, 0.6) is 5.75 Å². The van der Waals surface area contributed by atoms with Crippen molar-refractivity contribution in [2.75, 3.05) is 46.2 Å². The molecule has 0 spiro atoms. The van der Waals surface area contributed by atoms with E-state index < -0.39 is 23.8 Å². The number of hydrogen-bond donors (Lipinski definition) is 3. The molecule has 1 aromatic carbocycles. The molecule has 2 amide bonds. The second kappa shape index (κ2) is 23.0. The van der Waals surface area contributed by atoms with E-state index in [4.69, 9.17) is 18.9 Å². The normalized spacial score (nSPS) is 19.2. The summed E-state index contributed by atoms with van der Waals surface area (Å²) in [4.78, 5) is 39.0. The Labute approximate surface area is 252 Å². The van der Waals surface area contributed by atoms with E-state index in [0.29, 0.717) is 64.1 Å². The predicted octanol–water partition coefficient (Wildman–Crippen LogP) is 4.51. The third kappa shape index (κ3) is 15.6. The Morgan fingerprint density at radius 1 is 1.02 bits per heavy atom. The maximum Gasteiger partial charge on any atom is 0.247 e. The minimum Gasteiger partial charge on any atom is -0.494 e. The van der Waals surface area contributed by atoms with Crippen LogP contribution >= 0.6 is 0 Å². The highest BCUT2D eigenvalue weighted by Gasteiger charge is 2.35. The van der Waals surface area contributed by atoms with E-state index in [2.05, 4.69) is 12.2 Å². The molecule has 0 unspecified atom stereocenters. The molecular formula is C32H54N2O8. The van der Waals surface area contributed by atoms with Gasteiger partial charge >= 0.3 is 0 Å². The van der Waals surface area contributed by atoms with Gasteiger partial charge in [-0.25, -0.2) is 5.48 Å². The number of amides is 2. The molecule has 3 atom stereocenters. The van der Waals surface area contributed by atoms with Crippen LogP contribution in [0, 0.1) is 17.8 Å². The number of hydrogen-bond acceptors (Lipinski definition) is 8. The highest BCUT2D eigenvalue weighted by molar-refractivity contribution is 5.92. The van der Waals surface area contributed by atoms with Crippen LogP contribution in [0.2, 0.25) is 0 Å². The maximum absolute atomic E-state index is 13.4. The SMILES string of the molecule is CCCOCCOCC.CCOCCCC(=O)[C@@H]1Cc2ccc(cc2)OCCC[C@H](C(=O)NO)[C@@H](CC(C)C)C(=O)N1. The van der Waals surface area contributed by atoms with Gasteiger partial charge in [0.15, 0.2) is 5.78 Å². The zero-order chi connectivity index (χ0) is 31.2. The number of rotatable bonds is 15. The first-order valence-electron chi connectivity index (χ1n) is 15.5. The van der Waals surface area contributed by atoms with Crippen molar-refractivity contribution in [2.24, 2.45) is 17.8 Å². The Morgan fingerprint density at radius 2 is 1.69 bits per heavy atom. The molecule has 0 aliphatic carbocycles. The van der Waals surface area contributed by atoms with Gasteiger partial charge in [-0.2, -0.15) is 0 Å². The van der Waals surface area contributed by atoms with Gasteiger partial charge in [0, 0.05) is 38.8 Å². The molecule has 2 aliphatic rings. The Kier molecular flexibility index (Phi) is 20.5. The average Bonchev–Trinajstić information content (AvgIpc) is 2.98. The maximum atomic E-state index is 13.4. The summed E-state index contributed by atoms with van der Waals surface area (Å²) >= 11 is 0. The van der Waals surface area contributed by atoms with Crippen molar-refractivity contribution in [1.82, 2.24) is 10.8 Å². The lowest BCUT2D eigenvalue weighted by Crippen LogP contribution is -2.49. The van der Waals surface area contributed by atoms with Crippen molar-refractivity contribution in [3.8, 4) is 5.75 Å². The van der Waals surface area contributed by atoms with Crippen molar-refractivity contribution in [1.29, 1.82) is 0 Å². The quantitative estimate of drug-likeness (QED) is 0.154. The van der Waals surface area contributed by atoms with Crippen LogP contribution in [0.1, 0.15) is 78.7 Å². The first-order chi connectivity index (χ1) is 20.3. The molecule has 10 nitrogen and oxygen atoms in total. The van der Waals surface area contributed by atoms with E-state index in [1.54, 1.807) is 5.48 Å². The van der Waals surface area contributed by atoms with Gasteiger partial charge in [0.05, 0.1) is 31.8 Å². The van der Waals surface area contributed by atoms with Crippen molar-refractivity contribution < 1.29 is 38.5 Å². The molecule has 0 saturated carbocycles. The molecule has 10 heteroatoms. The van der Waals surface area contributed by atoms with Crippen LogP contribution in [0.4, 0.5) is 0 Å². The van der Waals surface area contributed by atoms with Gasteiger partial charge in [-0.3, -0.25) is 19.6 Å². The molecule has 3 rings (SSSR count). The van der Waals surface area contributed by atoms with Crippen molar-refractivity contribution >= 4 is 17.6 Å². The van der Waals surface area contributed by atoms with E-state index in [9.17, 15) is 19.6 Å². The topological polar surface area (TPSA) is 132 Å². The monoisotopic (exact) mass is 594 g/mol. The predicted molar refractivity (Wildman–Crippen MR) is 162 cm³/mol. The highest BCUT2D eigenvalue weighted by atomic mass is 16.5. The molecule has 2 bridgehead atoms. The first kappa shape index (κ1) is 37.5. The Balaban J connectivity index is 0.000000844. The summed E-state index contributed by atoms with van der Waals surface area (Å²) in [6.45, 7) is 14.5. The summed E-state index contributed by atoms with van der Waals surface area (Å²) in [6, 6.07) is 6.79. The minimum absolute atomic E-state index is 0.0677. The molecule has 0 aromatic heterocycles. The lowest BCUT2D eigenvalue weighted by molar-refractivity contribution is -0.142. The summed E-state index contributed by atoms with van der Waals surface area (Å²) in [6.07, 6.45) is 3.70. The smallest absolute Gasteiger partial charge is 0.247 e. The fourth-order valence-corrected chi connectivity index (χ4v) is 4.71. The largest absolute Gasteiger partial charge is 0.494 e. The number of benzene rings is 1. The lowest BCUT2D eigenvalue weighted by Gasteiger charge is -2.29. The summed E-state index contributed by atoms with van der Waals surface area (Å²) in [5.41, 5.74) is 2.63. The third-order valence-electron chi connectivity index (χ3n) is 6.83. The molecule has 42 heavy (non-hydrogen) atoms. The van der Waals surface area contributed by atoms with Crippen LogP contribution in [-0.4, -0.2) is 75.1 Å². The second-order valence-corrected chi connectivity index (χ2v) is 10.8. The van der Waals surface area contributed by atoms with Gasteiger partial charge in [-0.15, -0.1) is 0 Å². The molecule has 3 N–H and O–H groups in total. The minimum atomic E-state index is -0.724. The number of carbonyl (C=O) groups excluding carboxylic acids is 3. The Hall–Kier alpha value is -2.53. The third-order valence-corrected chi connectivity index (χ3v) is 6.83. The zero-order valence-electron chi connectivity index (χ0n) is 26.3. The number of Topliss-reactive ketones (excluding diaryl/α,β-unsaturated/α-hetero) is 1. The number of nitrogens with one attached hydrogen (secondary N) is 2. The fourth-order valence-electron chi connectivity index (χ4n) is 4.71. The summed E-state index contributed by atoms with van der Waals surface area (Å²) in [5, 5.41) is 12.2. The van der Waals surface area contributed by atoms with Crippen LogP contribution in [-0.2, 0) is 35.0 Å². The molecule has 0 radical (unpaired) electrons. The number of hydroxylamine groups is 1. The van der Waals surface area contributed by atoms with Gasteiger partial charge in [-0.05, 0) is 76.0 Å². The van der Waals surface area contributed by atoms with E-state index in [1.165, 1.54) is 0 Å². The first-order valence-corrected chi connectivity index (χ1v) is 15.5. The van der Waals surface area contributed by atoms with Gasteiger partial charge in [-0.1, -0.05) is 32.9 Å². The number of ketones is 1. The molecule has 0 saturated heterocycles. The fraction of sp³-hybridized carbons (Fsp3) is 0.719. The molecule has 0 fully saturated rings. The van der Waals surface area contributed by atoms with Crippen LogP contribution in [0.3, 0.4) is 0 Å². The molecule has 2 heterocycles. The van der Waals surface area contributed by atoms with Crippen molar-refractivity contribution in [3.05, 3.63) is 29.8 Å². The molecule has 2 aliphatic heterocycles. The Morgan fingerprint density at radius 3 is 2.31 bits per heavy atom. The standard InChI is InChI=1S/C25H38N2O6.C7H16O2/c1-4-32-13-6-8-23(28)22-16-18-9-11-19(12-10-18)33-14-5-7-20(25(30)27-31)21(15-17(2)3)24(29)26-22;1-3-5-9-7-6-8-4-2/h9-12,17,20-22,31H,4-8,13-16H2,1-3H3,(H,26,29)(H,27,30);3-7H2,1-2H3/t20-,21+,22-;/m0./s1. The molecular weight excluding hydrogens is 540 g/mol. The highest BCUT2D eigenvalue weighted by Crippen LogP contribution is 2.27. The van der Waals surface area contributed by atoms with E-state index >= 15 is 0 Å². The summed E-state index contributed by atoms with van der Waals surface area (Å²) < 4.78 is 21.3. The second-order valence-electron chi connectivity index (χ2n) is 10.8. The van der Waals surface area contributed by atoms with Crippen molar-refractivity contribution in [3.63, 3.8) is 0 Å². The number of ether oxygens (including phenoxy) is 4. The molecule has 240 valence electrons. The van der Waals surface area contributed by atoms with E-state index in [1.807, 2.05) is 52.0 Å². The Bertz CT molecular complexity index is 872. The van der Waals surface area contributed by atoms with Gasteiger partial charge < -0.3 is 24.3 Å². The van der Waals surface area contributed by atoms with E-state index in [-0.39, 0.29) is 17.6 Å². The molecule has 1 aromatic rings. The average molecular weight is 595 g/mol. The van der Waals surface area contributed by atoms with Crippen molar-refractivity contribution in [2.45, 2.75) is 85.6 Å². The van der Waals surface area contributed by atoms with E-state index in [0.717, 1.165) is 38.4 Å². The van der Waals surface area contributed by atoms with Crippen LogP contribution in [0.25, 0.3) is 0 Å². The summed E-state index contributed by atoms with van der Waals surface area (Å²) in [7, 11) is 0. The zero-order valence-corrected chi connectivity index (χ0v) is 26.3. The van der Waals surface area contributed by atoms with Crippen LogP contribution in [0.15, 0.2) is 24.3 Å². The van der Waals surface area contributed by atoms with Crippen LogP contribution < -0.4 is 15.5 Å². The summed E-state index contributed by atoms with van der Waals surface area (Å²) in [5.74, 6) is -1.53. The van der Waals surface area contributed by atoms with Gasteiger partial charge in [0.25, 0.3) is 0 Å². The number of carbonyl (C=O) groups is 3. The number of fused-ring (bicyclic) bond motifs is 11. The van der Waals surface area contributed by atoms with Gasteiger partial charge in [0.1, 0.15) is 5.75 Å². The van der Waals surface area contributed by atoms with Gasteiger partial charge in [0.2, 0.25) is 11.8 Å².